The molecule has 0 saturated heterocycles. The summed E-state index contributed by atoms with van der Waals surface area (Å²) in [5.74, 6) is -0.814. The fraction of sp³-hybridized carbons (Fsp3) is 0.423. The van der Waals surface area contributed by atoms with Gasteiger partial charge in [0.05, 0.1) is 17.9 Å². The Morgan fingerprint density at radius 2 is 1.74 bits per heavy atom. The van der Waals surface area contributed by atoms with Crippen LogP contribution in [0.4, 0.5) is 5.69 Å². The SMILES string of the molecule is CCCC(Oc1ccccc1NC(=O)CCCC(CCl)c1ccc(C(=O)OCC)cc1)C(=O)O. The number of para-hydroxylation sites is 2. The smallest absolute Gasteiger partial charge is 0.344 e. The molecule has 34 heavy (non-hydrogen) atoms. The van der Waals surface area contributed by atoms with Crippen molar-refractivity contribution in [3.05, 3.63) is 59.7 Å². The van der Waals surface area contributed by atoms with Crippen LogP contribution in [-0.4, -0.2) is 41.5 Å². The second-order valence-corrected chi connectivity index (χ2v) is 8.17. The molecule has 2 unspecified atom stereocenters. The van der Waals surface area contributed by atoms with E-state index < -0.39 is 12.1 Å². The summed E-state index contributed by atoms with van der Waals surface area (Å²) in [4.78, 5) is 35.8. The highest BCUT2D eigenvalue weighted by molar-refractivity contribution is 6.18. The first-order valence-corrected chi connectivity index (χ1v) is 12.0. The van der Waals surface area contributed by atoms with E-state index in [0.717, 1.165) is 5.56 Å². The van der Waals surface area contributed by atoms with Crippen LogP contribution in [0.2, 0.25) is 0 Å². The number of nitrogens with one attached hydrogen (secondary N) is 1. The monoisotopic (exact) mass is 489 g/mol. The lowest BCUT2D eigenvalue weighted by Gasteiger charge is -2.18. The van der Waals surface area contributed by atoms with Crippen LogP contribution in [0.15, 0.2) is 48.5 Å². The predicted octanol–water partition coefficient (Wildman–Crippen LogP) is 5.63. The van der Waals surface area contributed by atoms with Gasteiger partial charge in [0, 0.05) is 12.3 Å². The fourth-order valence-electron chi connectivity index (χ4n) is 3.48. The Morgan fingerprint density at radius 1 is 1.03 bits per heavy atom. The van der Waals surface area contributed by atoms with Gasteiger partial charge in [0.15, 0.2) is 6.10 Å². The van der Waals surface area contributed by atoms with E-state index in [-0.39, 0.29) is 24.2 Å². The summed E-state index contributed by atoms with van der Waals surface area (Å²) in [5.41, 5.74) is 1.93. The third kappa shape index (κ3) is 8.37. The minimum atomic E-state index is -1.04. The molecule has 0 aliphatic heterocycles. The summed E-state index contributed by atoms with van der Waals surface area (Å²) in [7, 11) is 0. The number of esters is 1. The molecular formula is C26H32ClNO6. The molecule has 0 heterocycles. The van der Waals surface area contributed by atoms with E-state index in [0.29, 0.717) is 55.2 Å². The largest absolute Gasteiger partial charge is 0.479 e. The number of benzene rings is 2. The summed E-state index contributed by atoms with van der Waals surface area (Å²) in [6.45, 7) is 3.97. The number of carbonyl (C=O) groups excluding carboxylic acids is 2. The summed E-state index contributed by atoms with van der Waals surface area (Å²) < 4.78 is 10.6. The maximum Gasteiger partial charge on any atom is 0.344 e. The molecule has 0 aliphatic rings. The van der Waals surface area contributed by atoms with Gasteiger partial charge in [0.1, 0.15) is 5.75 Å². The van der Waals surface area contributed by atoms with Crippen LogP contribution in [0.1, 0.15) is 67.8 Å². The van der Waals surface area contributed by atoms with Crippen molar-refractivity contribution in [3.8, 4) is 5.75 Å². The van der Waals surface area contributed by atoms with Crippen molar-refractivity contribution in [1.29, 1.82) is 0 Å². The first kappa shape index (κ1) is 27.2. The minimum Gasteiger partial charge on any atom is -0.479 e. The van der Waals surface area contributed by atoms with Crippen LogP contribution in [0.3, 0.4) is 0 Å². The van der Waals surface area contributed by atoms with Crippen LogP contribution < -0.4 is 10.1 Å². The van der Waals surface area contributed by atoms with E-state index in [1.54, 1.807) is 43.3 Å². The van der Waals surface area contributed by atoms with Crippen molar-refractivity contribution in [2.75, 3.05) is 17.8 Å². The van der Waals surface area contributed by atoms with Gasteiger partial charge in [-0.3, -0.25) is 4.79 Å². The first-order chi connectivity index (χ1) is 16.4. The van der Waals surface area contributed by atoms with Gasteiger partial charge in [0.25, 0.3) is 0 Å². The van der Waals surface area contributed by atoms with Crippen LogP contribution in [0.25, 0.3) is 0 Å². The highest BCUT2D eigenvalue weighted by Gasteiger charge is 2.20. The standard InChI is InChI=1S/C26H32ClNO6/c1-3-8-23(25(30)31)34-22-11-6-5-10-21(22)28-24(29)12-7-9-20(17-27)18-13-15-19(16-14-18)26(32)33-4-2/h5-6,10-11,13-16,20,23H,3-4,7-9,12,17H2,1-2H3,(H,28,29)(H,30,31). The van der Waals surface area contributed by atoms with E-state index in [2.05, 4.69) is 5.32 Å². The van der Waals surface area contributed by atoms with Crippen LogP contribution in [-0.2, 0) is 14.3 Å². The number of aliphatic carboxylic acids is 1. The van der Waals surface area contributed by atoms with E-state index in [1.807, 2.05) is 19.1 Å². The van der Waals surface area contributed by atoms with Gasteiger partial charge in [0.2, 0.25) is 5.91 Å². The number of ether oxygens (including phenoxy) is 2. The fourth-order valence-corrected chi connectivity index (χ4v) is 3.81. The molecule has 8 heteroatoms. The molecule has 2 rings (SSSR count). The number of alkyl halides is 1. The molecule has 0 fully saturated rings. The summed E-state index contributed by atoms with van der Waals surface area (Å²) >= 11 is 6.16. The lowest BCUT2D eigenvalue weighted by Crippen LogP contribution is -2.27. The van der Waals surface area contributed by atoms with Gasteiger partial charge in [-0.15, -0.1) is 11.6 Å². The number of carboxylic acids is 1. The topological polar surface area (TPSA) is 102 Å². The minimum absolute atomic E-state index is 0.0479. The number of carboxylic acid groups (broad SMARTS) is 1. The number of rotatable bonds is 14. The van der Waals surface area contributed by atoms with E-state index in [4.69, 9.17) is 21.1 Å². The lowest BCUT2D eigenvalue weighted by molar-refractivity contribution is -0.145. The molecule has 2 N–H and O–H groups in total. The van der Waals surface area contributed by atoms with Crippen molar-refractivity contribution < 1.29 is 29.0 Å². The van der Waals surface area contributed by atoms with E-state index >= 15 is 0 Å². The second kappa shape index (κ2) is 14.3. The number of carbonyl (C=O) groups is 3. The first-order valence-electron chi connectivity index (χ1n) is 11.5. The average molecular weight is 490 g/mol. The zero-order chi connectivity index (χ0) is 24.9. The van der Waals surface area contributed by atoms with Gasteiger partial charge in [-0.05, 0) is 61.9 Å². The van der Waals surface area contributed by atoms with E-state index in [1.165, 1.54) is 0 Å². The highest BCUT2D eigenvalue weighted by atomic mass is 35.5. The Labute approximate surface area is 205 Å². The Hall–Kier alpha value is -3.06. The number of amides is 1. The number of halogens is 1. The van der Waals surface area contributed by atoms with Crippen LogP contribution in [0, 0.1) is 0 Å². The Kier molecular flexibility index (Phi) is 11.4. The quantitative estimate of drug-likeness (QED) is 0.263. The van der Waals surface area contributed by atoms with Crippen molar-refractivity contribution in [1.82, 2.24) is 0 Å². The Bertz CT molecular complexity index is 947. The second-order valence-electron chi connectivity index (χ2n) is 7.86. The van der Waals surface area contributed by atoms with Crippen molar-refractivity contribution in [2.24, 2.45) is 0 Å². The van der Waals surface area contributed by atoms with Gasteiger partial charge in [-0.2, -0.15) is 0 Å². The molecule has 0 bridgehead atoms. The van der Waals surface area contributed by atoms with Gasteiger partial charge in [-0.1, -0.05) is 37.6 Å². The summed E-state index contributed by atoms with van der Waals surface area (Å²) in [5, 5.41) is 12.2. The Balaban J connectivity index is 1.91. The molecule has 2 aromatic rings. The number of hydrogen-bond donors (Lipinski definition) is 2. The molecular weight excluding hydrogens is 458 g/mol. The molecule has 0 aliphatic carbocycles. The molecule has 0 spiro atoms. The zero-order valence-corrected chi connectivity index (χ0v) is 20.3. The van der Waals surface area contributed by atoms with Crippen molar-refractivity contribution in [3.63, 3.8) is 0 Å². The third-order valence-electron chi connectivity index (χ3n) is 5.29. The molecule has 184 valence electrons. The molecule has 0 aromatic heterocycles. The Morgan fingerprint density at radius 3 is 2.35 bits per heavy atom. The molecule has 0 saturated carbocycles. The highest BCUT2D eigenvalue weighted by Crippen LogP contribution is 2.27. The molecule has 7 nitrogen and oxygen atoms in total. The van der Waals surface area contributed by atoms with Crippen LogP contribution in [0.5, 0.6) is 5.75 Å². The number of hydrogen-bond acceptors (Lipinski definition) is 5. The normalized spacial score (nSPS) is 12.4. The predicted molar refractivity (Wildman–Crippen MR) is 132 cm³/mol. The zero-order valence-electron chi connectivity index (χ0n) is 19.6. The van der Waals surface area contributed by atoms with Crippen LogP contribution >= 0.6 is 11.6 Å². The van der Waals surface area contributed by atoms with Gasteiger partial charge < -0.3 is 19.9 Å². The van der Waals surface area contributed by atoms with Gasteiger partial charge in [-0.25, -0.2) is 9.59 Å². The van der Waals surface area contributed by atoms with Crippen molar-refractivity contribution >= 4 is 35.1 Å². The molecule has 2 atom stereocenters. The number of anilines is 1. The maximum atomic E-state index is 12.5. The average Bonchev–Trinajstić information content (AvgIpc) is 2.83. The maximum absolute atomic E-state index is 12.5. The molecule has 1 amide bonds. The summed E-state index contributed by atoms with van der Waals surface area (Å²) in [6, 6.07) is 14.0. The lowest BCUT2D eigenvalue weighted by atomic mass is 9.94. The molecule has 2 aromatic carbocycles. The van der Waals surface area contributed by atoms with E-state index in [9.17, 15) is 19.5 Å². The third-order valence-corrected chi connectivity index (χ3v) is 5.67. The molecule has 0 radical (unpaired) electrons. The summed E-state index contributed by atoms with van der Waals surface area (Å²) in [6.07, 6.45) is 1.66. The van der Waals surface area contributed by atoms with Gasteiger partial charge >= 0.3 is 11.9 Å². The van der Waals surface area contributed by atoms with Crippen molar-refractivity contribution in [2.45, 2.75) is 58.0 Å².